The topological polar surface area (TPSA) is 39.1 Å². The number of aromatic nitrogens is 2. The lowest BCUT2D eigenvalue weighted by atomic mass is 9.85. The van der Waals surface area contributed by atoms with Crippen LogP contribution in [0.5, 0.6) is 0 Å². The largest absolute Gasteiger partial charge is 0.391 e. The highest BCUT2D eigenvalue weighted by Gasteiger charge is 2.42. The molecule has 1 aliphatic rings. The van der Waals surface area contributed by atoms with Crippen LogP contribution in [0.25, 0.3) is 0 Å². The van der Waals surface area contributed by atoms with Crippen molar-refractivity contribution in [2.24, 2.45) is 5.92 Å². The number of hydrogen-bond donors (Lipinski definition) is 1. The third-order valence-corrected chi connectivity index (χ3v) is 3.65. The Hall–Kier alpha value is -1.24. The number of nitrogens with zero attached hydrogens (tertiary/aromatic N) is 2. The lowest BCUT2D eigenvalue weighted by Gasteiger charge is -2.31. The Kier molecular flexibility index (Phi) is 4.91. The summed E-state index contributed by atoms with van der Waals surface area (Å²) >= 11 is 0. The SMILES string of the molecule is COCCn1ccc(N[C@H]2CCC[C@@H](C(F)(F)F)C2)n1. The number of methoxy groups -OCH3 is 1. The minimum atomic E-state index is -4.09. The summed E-state index contributed by atoms with van der Waals surface area (Å²) in [4.78, 5) is 0. The summed E-state index contributed by atoms with van der Waals surface area (Å²) in [5, 5.41) is 7.38. The summed E-state index contributed by atoms with van der Waals surface area (Å²) in [6.07, 6.45) is -0.550. The van der Waals surface area contributed by atoms with Gasteiger partial charge < -0.3 is 10.1 Å². The maximum atomic E-state index is 12.7. The van der Waals surface area contributed by atoms with Crippen LogP contribution in [0.15, 0.2) is 12.3 Å². The lowest BCUT2D eigenvalue weighted by Crippen LogP contribution is -2.34. The van der Waals surface area contributed by atoms with E-state index in [1.165, 1.54) is 0 Å². The normalized spacial score (nSPS) is 23.8. The Bertz CT molecular complexity index is 419. The molecule has 1 aromatic heterocycles. The molecule has 0 radical (unpaired) electrons. The first-order valence-corrected chi connectivity index (χ1v) is 6.84. The van der Waals surface area contributed by atoms with Crippen LogP contribution in [0.3, 0.4) is 0 Å². The minimum absolute atomic E-state index is 0.133. The molecule has 1 aromatic rings. The highest BCUT2D eigenvalue weighted by molar-refractivity contribution is 5.33. The van der Waals surface area contributed by atoms with Gasteiger partial charge in [0.1, 0.15) is 5.82 Å². The second kappa shape index (κ2) is 6.47. The van der Waals surface area contributed by atoms with Gasteiger partial charge in [-0.3, -0.25) is 4.68 Å². The van der Waals surface area contributed by atoms with E-state index in [0.717, 1.165) is 6.42 Å². The Morgan fingerprint density at radius 3 is 2.95 bits per heavy atom. The average molecular weight is 291 g/mol. The van der Waals surface area contributed by atoms with E-state index in [1.54, 1.807) is 24.1 Å². The van der Waals surface area contributed by atoms with Crippen LogP contribution in [0, 0.1) is 5.92 Å². The second-order valence-corrected chi connectivity index (χ2v) is 5.20. The van der Waals surface area contributed by atoms with Crippen LogP contribution < -0.4 is 5.32 Å². The summed E-state index contributed by atoms with van der Waals surface area (Å²) in [6, 6.07) is 1.63. The molecule has 2 rings (SSSR count). The van der Waals surface area contributed by atoms with Crippen LogP contribution in [0.4, 0.5) is 19.0 Å². The van der Waals surface area contributed by atoms with Crippen LogP contribution in [-0.2, 0) is 11.3 Å². The molecular weight excluding hydrogens is 271 g/mol. The third-order valence-electron chi connectivity index (χ3n) is 3.65. The van der Waals surface area contributed by atoms with E-state index < -0.39 is 12.1 Å². The van der Waals surface area contributed by atoms with Crippen molar-refractivity contribution < 1.29 is 17.9 Å². The molecule has 7 heteroatoms. The predicted molar refractivity (Wildman–Crippen MR) is 69.5 cm³/mol. The molecule has 4 nitrogen and oxygen atoms in total. The fourth-order valence-electron chi connectivity index (χ4n) is 2.58. The first kappa shape index (κ1) is 15.2. The molecular formula is C13H20F3N3O. The summed E-state index contributed by atoms with van der Waals surface area (Å²) < 4.78 is 44.9. The summed E-state index contributed by atoms with van der Waals surface area (Å²) in [7, 11) is 1.61. The van der Waals surface area contributed by atoms with Gasteiger partial charge >= 0.3 is 6.18 Å². The number of alkyl halides is 3. The first-order valence-electron chi connectivity index (χ1n) is 6.84. The smallest absolute Gasteiger partial charge is 0.383 e. The molecule has 2 atom stereocenters. The summed E-state index contributed by atoms with van der Waals surface area (Å²) in [5.74, 6) is -0.557. The summed E-state index contributed by atoms with van der Waals surface area (Å²) in [6.45, 7) is 1.19. The van der Waals surface area contributed by atoms with E-state index in [2.05, 4.69) is 10.4 Å². The molecule has 114 valence electrons. The van der Waals surface area contributed by atoms with E-state index in [1.807, 2.05) is 0 Å². The number of hydrogen-bond acceptors (Lipinski definition) is 3. The Morgan fingerprint density at radius 1 is 1.45 bits per heavy atom. The maximum absolute atomic E-state index is 12.7. The zero-order valence-corrected chi connectivity index (χ0v) is 11.5. The van der Waals surface area contributed by atoms with E-state index in [4.69, 9.17) is 4.74 Å². The van der Waals surface area contributed by atoms with Gasteiger partial charge in [-0.2, -0.15) is 18.3 Å². The fourth-order valence-corrected chi connectivity index (χ4v) is 2.58. The van der Waals surface area contributed by atoms with Gasteiger partial charge in [0.25, 0.3) is 0 Å². The van der Waals surface area contributed by atoms with Crippen LogP contribution >= 0.6 is 0 Å². The molecule has 0 amide bonds. The van der Waals surface area contributed by atoms with Gasteiger partial charge in [-0.15, -0.1) is 0 Å². The lowest BCUT2D eigenvalue weighted by molar-refractivity contribution is -0.182. The predicted octanol–water partition coefficient (Wildman–Crippen LogP) is 3.06. The molecule has 20 heavy (non-hydrogen) atoms. The second-order valence-electron chi connectivity index (χ2n) is 5.20. The van der Waals surface area contributed by atoms with Crippen molar-refractivity contribution in [3.05, 3.63) is 12.3 Å². The zero-order valence-electron chi connectivity index (χ0n) is 11.5. The summed E-state index contributed by atoms with van der Waals surface area (Å²) in [5.41, 5.74) is 0. The average Bonchev–Trinajstić information content (AvgIpc) is 2.83. The van der Waals surface area contributed by atoms with Crippen molar-refractivity contribution in [3.63, 3.8) is 0 Å². The molecule has 0 saturated heterocycles. The molecule has 1 saturated carbocycles. The molecule has 0 aromatic carbocycles. The Balaban J connectivity index is 1.87. The van der Waals surface area contributed by atoms with Gasteiger partial charge in [0.05, 0.1) is 19.1 Å². The minimum Gasteiger partial charge on any atom is -0.383 e. The van der Waals surface area contributed by atoms with Crippen molar-refractivity contribution in [2.45, 2.75) is 44.4 Å². The number of rotatable bonds is 5. The van der Waals surface area contributed by atoms with Gasteiger partial charge in [-0.05, 0) is 19.3 Å². The number of anilines is 1. The Labute approximate surface area is 116 Å². The van der Waals surface area contributed by atoms with Gasteiger partial charge in [-0.1, -0.05) is 6.42 Å². The number of nitrogens with one attached hydrogen (secondary N) is 1. The maximum Gasteiger partial charge on any atom is 0.391 e. The van der Waals surface area contributed by atoms with Gasteiger partial charge in [0.15, 0.2) is 0 Å². The molecule has 1 aliphatic carbocycles. The van der Waals surface area contributed by atoms with E-state index in [0.29, 0.717) is 25.4 Å². The molecule has 1 fully saturated rings. The molecule has 1 heterocycles. The fraction of sp³-hybridized carbons (Fsp3) is 0.769. The molecule has 0 bridgehead atoms. The van der Waals surface area contributed by atoms with Crippen molar-refractivity contribution in [1.29, 1.82) is 0 Å². The van der Waals surface area contributed by atoms with Crippen molar-refractivity contribution in [1.82, 2.24) is 9.78 Å². The first-order chi connectivity index (χ1) is 9.49. The molecule has 0 aliphatic heterocycles. The van der Waals surface area contributed by atoms with Crippen molar-refractivity contribution in [2.75, 3.05) is 19.0 Å². The Morgan fingerprint density at radius 2 is 2.25 bits per heavy atom. The number of ether oxygens (including phenoxy) is 1. The van der Waals surface area contributed by atoms with Crippen molar-refractivity contribution >= 4 is 5.82 Å². The van der Waals surface area contributed by atoms with Crippen LogP contribution in [0.1, 0.15) is 25.7 Å². The monoisotopic (exact) mass is 291 g/mol. The van der Waals surface area contributed by atoms with E-state index in [9.17, 15) is 13.2 Å². The van der Waals surface area contributed by atoms with Gasteiger partial charge in [0.2, 0.25) is 0 Å². The highest BCUT2D eigenvalue weighted by Crippen LogP contribution is 2.38. The standard InChI is InChI=1S/C13H20F3N3O/c1-20-8-7-19-6-5-12(18-19)17-11-4-2-3-10(9-11)13(14,15)16/h5-6,10-11H,2-4,7-9H2,1H3,(H,17,18)/t10-,11+/m1/s1. The quantitative estimate of drug-likeness (QED) is 0.906. The molecule has 1 N–H and O–H groups in total. The van der Waals surface area contributed by atoms with Gasteiger partial charge in [0, 0.05) is 25.4 Å². The third kappa shape index (κ3) is 4.13. The zero-order chi connectivity index (χ0) is 14.6. The number of halogens is 3. The van der Waals surface area contributed by atoms with Gasteiger partial charge in [-0.25, -0.2) is 0 Å². The van der Waals surface area contributed by atoms with Crippen molar-refractivity contribution in [3.8, 4) is 0 Å². The van der Waals surface area contributed by atoms with E-state index in [-0.39, 0.29) is 18.9 Å². The van der Waals surface area contributed by atoms with Crippen LogP contribution in [0.2, 0.25) is 0 Å². The highest BCUT2D eigenvalue weighted by atomic mass is 19.4. The molecule has 0 spiro atoms. The molecule has 0 unspecified atom stereocenters. The van der Waals surface area contributed by atoms with Crippen LogP contribution in [-0.4, -0.2) is 35.7 Å². The van der Waals surface area contributed by atoms with E-state index >= 15 is 0 Å².